The number of nitro groups is 1. The lowest BCUT2D eigenvalue weighted by Gasteiger charge is -2.06. The molecule has 0 aliphatic rings. The third-order valence-corrected chi connectivity index (χ3v) is 3.58. The van der Waals surface area contributed by atoms with Gasteiger partial charge in [0, 0.05) is 30.0 Å². The van der Waals surface area contributed by atoms with E-state index in [2.05, 4.69) is 10.1 Å². The van der Waals surface area contributed by atoms with Crippen molar-refractivity contribution in [1.29, 1.82) is 0 Å². The molecule has 8 nitrogen and oxygen atoms in total. The average Bonchev–Trinajstić information content (AvgIpc) is 2.70. The van der Waals surface area contributed by atoms with Crippen LogP contribution in [0.4, 0.5) is 10.1 Å². The predicted octanol–water partition coefficient (Wildman–Crippen LogP) is 3.76. The molecule has 0 aliphatic carbocycles. The van der Waals surface area contributed by atoms with Crippen molar-refractivity contribution >= 4 is 11.5 Å². The first kappa shape index (κ1) is 18.8. The summed E-state index contributed by atoms with van der Waals surface area (Å²) in [6.07, 6.45) is 1.45. The topological polar surface area (TPSA) is 113 Å². The summed E-state index contributed by atoms with van der Waals surface area (Å²) >= 11 is 0. The third-order valence-electron chi connectivity index (χ3n) is 3.58. The molecule has 142 valence electrons. The van der Waals surface area contributed by atoms with E-state index >= 15 is 0 Å². The summed E-state index contributed by atoms with van der Waals surface area (Å²) in [5, 5.41) is 14.6. The summed E-state index contributed by atoms with van der Waals surface area (Å²) < 4.78 is 18.4. The molecule has 28 heavy (non-hydrogen) atoms. The number of hydrogen-bond donors (Lipinski definition) is 1. The molecule has 1 aromatic heterocycles. The number of non-ortho nitro benzene ring substituents is 1. The van der Waals surface area contributed by atoms with Crippen LogP contribution in [0.2, 0.25) is 0 Å². The zero-order chi connectivity index (χ0) is 19.9. The number of aromatic nitrogens is 1. The minimum absolute atomic E-state index is 0.0287. The molecule has 9 heteroatoms. The van der Waals surface area contributed by atoms with Crippen molar-refractivity contribution in [3.8, 4) is 11.6 Å². The van der Waals surface area contributed by atoms with E-state index < -0.39 is 4.92 Å². The molecular formula is C19H15FN4O4. The van der Waals surface area contributed by atoms with Crippen LogP contribution in [0.3, 0.4) is 0 Å². The van der Waals surface area contributed by atoms with Crippen LogP contribution in [-0.2, 0) is 11.4 Å². The first-order valence-electron chi connectivity index (χ1n) is 8.10. The van der Waals surface area contributed by atoms with E-state index in [1.165, 1.54) is 42.6 Å². The first-order valence-corrected chi connectivity index (χ1v) is 8.10. The molecule has 0 fully saturated rings. The number of nitrogens with two attached hydrogens (primary N) is 1. The fourth-order valence-electron chi connectivity index (χ4n) is 2.20. The van der Waals surface area contributed by atoms with E-state index in [1.807, 2.05) is 0 Å². The molecule has 0 bridgehead atoms. The molecule has 3 rings (SSSR count). The van der Waals surface area contributed by atoms with Crippen LogP contribution in [0.25, 0.3) is 0 Å². The second-order valence-electron chi connectivity index (χ2n) is 5.62. The van der Waals surface area contributed by atoms with Crippen molar-refractivity contribution in [3.63, 3.8) is 0 Å². The maximum Gasteiger partial charge on any atom is 0.269 e. The molecule has 0 saturated carbocycles. The third kappa shape index (κ3) is 5.01. The molecule has 0 atom stereocenters. The normalized spacial score (nSPS) is 11.1. The fourth-order valence-corrected chi connectivity index (χ4v) is 2.20. The Balaban J connectivity index is 1.59. The van der Waals surface area contributed by atoms with Gasteiger partial charge in [0.25, 0.3) is 5.69 Å². The molecule has 3 aromatic rings. The second kappa shape index (κ2) is 8.58. The van der Waals surface area contributed by atoms with Crippen molar-refractivity contribution in [1.82, 2.24) is 4.98 Å². The minimum atomic E-state index is -0.484. The van der Waals surface area contributed by atoms with E-state index in [-0.39, 0.29) is 23.9 Å². The van der Waals surface area contributed by atoms with Crippen molar-refractivity contribution in [3.05, 3.63) is 93.9 Å². The maximum absolute atomic E-state index is 12.9. The number of ether oxygens (including phenoxy) is 1. The van der Waals surface area contributed by atoms with Crippen LogP contribution in [0, 0.1) is 15.9 Å². The van der Waals surface area contributed by atoms with E-state index in [9.17, 15) is 14.5 Å². The Bertz CT molecular complexity index is 992. The van der Waals surface area contributed by atoms with Crippen LogP contribution >= 0.6 is 0 Å². The van der Waals surface area contributed by atoms with E-state index in [4.69, 9.17) is 15.3 Å². The maximum atomic E-state index is 12.9. The minimum Gasteiger partial charge on any atom is -0.439 e. The van der Waals surface area contributed by atoms with Gasteiger partial charge in [0.05, 0.1) is 4.92 Å². The summed E-state index contributed by atoms with van der Waals surface area (Å²) in [4.78, 5) is 19.5. The van der Waals surface area contributed by atoms with E-state index in [1.54, 1.807) is 24.3 Å². The van der Waals surface area contributed by atoms with Crippen LogP contribution < -0.4 is 10.5 Å². The van der Waals surface area contributed by atoms with Crippen LogP contribution in [0.15, 0.2) is 72.0 Å². The van der Waals surface area contributed by atoms with Crippen LogP contribution in [0.5, 0.6) is 11.6 Å². The number of amidine groups is 1. The SMILES string of the molecule is NC(=NOCc1cccc([N+](=O)[O-])c1)c1ccc(Oc2ccc(F)cc2)nc1. The highest BCUT2D eigenvalue weighted by atomic mass is 19.1. The number of pyridine rings is 1. The van der Waals surface area contributed by atoms with Gasteiger partial charge in [0.15, 0.2) is 5.84 Å². The van der Waals surface area contributed by atoms with E-state index in [0.29, 0.717) is 22.8 Å². The number of rotatable bonds is 7. The Hall–Kier alpha value is -4.01. The lowest BCUT2D eigenvalue weighted by atomic mass is 10.2. The van der Waals surface area contributed by atoms with E-state index in [0.717, 1.165) is 0 Å². The van der Waals surface area contributed by atoms with Gasteiger partial charge in [-0.25, -0.2) is 9.37 Å². The van der Waals surface area contributed by atoms with Gasteiger partial charge >= 0.3 is 0 Å². The summed E-state index contributed by atoms with van der Waals surface area (Å²) in [6.45, 7) is 0.0293. The van der Waals surface area contributed by atoms with Gasteiger partial charge < -0.3 is 15.3 Å². The number of nitro benzene ring substituents is 1. The van der Waals surface area contributed by atoms with Crippen molar-refractivity contribution < 1.29 is 18.9 Å². The zero-order valence-electron chi connectivity index (χ0n) is 14.5. The van der Waals surface area contributed by atoms with Gasteiger partial charge in [0.1, 0.15) is 18.2 Å². The number of nitrogens with zero attached hydrogens (tertiary/aromatic N) is 3. The molecular weight excluding hydrogens is 367 g/mol. The molecule has 1 heterocycles. The Morgan fingerprint density at radius 1 is 1.18 bits per heavy atom. The Morgan fingerprint density at radius 3 is 2.64 bits per heavy atom. The molecule has 2 aromatic carbocycles. The zero-order valence-corrected chi connectivity index (χ0v) is 14.5. The standard InChI is InChI=1S/C19H15FN4O4/c20-15-5-7-17(8-6-15)28-18-9-4-14(11-22-18)19(21)23-27-12-13-2-1-3-16(10-13)24(25)26/h1-11H,12H2,(H2,21,23). The highest BCUT2D eigenvalue weighted by Crippen LogP contribution is 2.19. The lowest BCUT2D eigenvalue weighted by Crippen LogP contribution is -2.14. The summed E-state index contributed by atoms with van der Waals surface area (Å²) in [7, 11) is 0. The van der Waals surface area contributed by atoms with Gasteiger partial charge in [-0.05, 0) is 35.9 Å². The monoisotopic (exact) mass is 382 g/mol. The van der Waals surface area contributed by atoms with Gasteiger partial charge in [-0.15, -0.1) is 0 Å². The van der Waals surface area contributed by atoms with Crippen molar-refractivity contribution in [2.75, 3.05) is 0 Å². The Kier molecular flexibility index (Phi) is 5.75. The number of hydrogen-bond acceptors (Lipinski definition) is 6. The molecule has 0 radical (unpaired) electrons. The lowest BCUT2D eigenvalue weighted by molar-refractivity contribution is -0.384. The largest absolute Gasteiger partial charge is 0.439 e. The predicted molar refractivity (Wildman–Crippen MR) is 99.3 cm³/mol. The smallest absolute Gasteiger partial charge is 0.269 e. The molecule has 0 unspecified atom stereocenters. The highest BCUT2D eigenvalue weighted by Gasteiger charge is 2.06. The molecule has 0 saturated heterocycles. The van der Waals surface area contributed by atoms with Crippen LogP contribution in [-0.4, -0.2) is 15.7 Å². The van der Waals surface area contributed by atoms with Gasteiger partial charge in [-0.1, -0.05) is 17.3 Å². The summed E-state index contributed by atoms with van der Waals surface area (Å²) in [5.41, 5.74) is 6.92. The first-order chi connectivity index (χ1) is 13.5. The van der Waals surface area contributed by atoms with Crippen molar-refractivity contribution in [2.45, 2.75) is 6.61 Å². The number of halogens is 1. The Morgan fingerprint density at radius 2 is 1.96 bits per heavy atom. The number of benzene rings is 2. The second-order valence-corrected chi connectivity index (χ2v) is 5.62. The Labute approximate surface area is 159 Å². The molecule has 0 spiro atoms. The summed E-state index contributed by atoms with van der Waals surface area (Å²) in [6, 6.07) is 14.8. The summed E-state index contributed by atoms with van der Waals surface area (Å²) in [5.74, 6) is 0.486. The van der Waals surface area contributed by atoms with Gasteiger partial charge in [-0.3, -0.25) is 10.1 Å². The molecule has 0 amide bonds. The van der Waals surface area contributed by atoms with Crippen LogP contribution in [0.1, 0.15) is 11.1 Å². The quantitative estimate of drug-likeness (QED) is 0.288. The average molecular weight is 382 g/mol. The molecule has 0 aliphatic heterocycles. The fraction of sp³-hybridized carbons (Fsp3) is 0.0526. The highest BCUT2D eigenvalue weighted by molar-refractivity contribution is 5.96. The van der Waals surface area contributed by atoms with Gasteiger partial charge in [0.2, 0.25) is 5.88 Å². The van der Waals surface area contributed by atoms with Gasteiger partial charge in [-0.2, -0.15) is 0 Å². The number of oxime groups is 1. The molecule has 2 N–H and O–H groups in total. The van der Waals surface area contributed by atoms with Crippen molar-refractivity contribution in [2.24, 2.45) is 10.9 Å².